The van der Waals surface area contributed by atoms with Crippen LogP contribution in [-0.4, -0.2) is 11.1 Å². The Hall–Kier alpha value is -2.03. The maximum Gasteiger partial charge on any atom is 0.119 e. The first-order valence-corrected chi connectivity index (χ1v) is 7.43. The van der Waals surface area contributed by atoms with E-state index in [1.807, 2.05) is 45.9 Å². The number of hydrogen-bond donors (Lipinski definition) is 1. The molecule has 1 atom stereocenters. The molecule has 1 N–H and O–H groups in total. The van der Waals surface area contributed by atoms with Crippen molar-refractivity contribution in [3.8, 4) is 5.75 Å². The minimum absolute atomic E-state index is 0.202. The summed E-state index contributed by atoms with van der Waals surface area (Å²) >= 11 is 0. The van der Waals surface area contributed by atoms with Gasteiger partial charge in [-0.3, -0.25) is 4.98 Å². The van der Waals surface area contributed by atoms with Crippen LogP contribution in [0.25, 0.3) is 0 Å². The lowest BCUT2D eigenvalue weighted by molar-refractivity contribution is 0.242. The zero-order valence-corrected chi connectivity index (χ0v) is 13.5. The first kappa shape index (κ1) is 15.4. The van der Waals surface area contributed by atoms with Crippen molar-refractivity contribution in [2.24, 2.45) is 0 Å². The van der Waals surface area contributed by atoms with Crippen molar-refractivity contribution in [1.29, 1.82) is 0 Å². The molecule has 0 fully saturated rings. The van der Waals surface area contributed by atoms with Gasteiger partial charge in [0.25, 0.3) is 0 Å². The van der Waals surface area contributed by atoms with Gasteiger partial charge in [0.2, 0.25) is 0 Å². The lowest BCUT2D eigenvalue weighted by Crippen LogP contribution is -2.09. The smallest absolute Gasteiger partial charge is 0.119 e. The molecule has 0 radical (unpaired) electrons. The summed E-state index contributed by atoms with van der Waals surface area (Å²) in [5, 5.41) is 3.51. The van der Waals surface area contributed by atoms with E-state index in [9.17, 15) is 0 Å². The third kappa shape index (κ3) is 4.22. The van der Waals surface area contributed by atoms with Gasteiger partial charge in [-0.05, 0) is 64.4 Å². The normalized spacial score (nSPS) is 12.3. The van der Waals surface area contributed by atoms with E-state index in [1.165, 1.54) is 5.56 Å². The van der Waals surface area contributed by atoms with Crippen LogP contribution in [0.15, 0.2) is 36.4 Å². The molecule has 2 aromatic rings. The molecule has 3 heteroatoms. The first-order valence-electron chi connectivity index (χ1n) is 7.43. The second-order valence-electron chi connectivity index (χ2n) is 5.69. The molecule has 0 aliphatic carbocycles. The van der Waals surface area contributed by atoms with Crippen molar-refractivity contribution in [1.82, 2.24) is 4.98 Å². The monoisotopic (exact) mass is 284 g/mol. The van der Waals surface area contributed by atoms with Crippen molar-refractivity contribution in [2.75, 3.05) is 5.32 Å². The third-order valence-corrected chi connectivity index (χ3v) is 3.35. The Morgan fingerprint density at radius 3 is 2.19 bits per heavy atom. The summed E-state index contributed by atoms with van der Waals surface area (Å²) in [4.78, 5) is 4.48. The second kappa shape index (κ2) is 6.61. The summed E-state index contributed by atoms with van der Waals surface area (Å²) in [6, 6.07) is 12.6. The van der Waals surface area contributed by atoms with Crippen LogP contribution in [0.5, 0.6) is 5.75 Å². The van der Waals surface area contributed by atoms with Crippen molar-refractivity contribution in [3.05, 3.63) is 53.3 Å². The summed E-state index contributed by atoms with van der Waals surface area (Å²) in [6.45, 7) is 10.3. The molecule has 2 rings (SSSR count). The molecule has 21 heavy (non-hydrogen) atoms. The van der Waals surface area contributed by atoms with Crippen LogP contribution in [0.4, 0.5) is 5.69 Å². The lowest BCUT2D eigenvalue weighted by Gasteiger charge is -2.18. The molecule has 1 heterocycles. The van der Waals surface area contributed by atoms with Crippen LogP contribution in [0, 0.1) is 13.8 Å². The minimum Gasteiger partial charge on any atom is -0.491 e. The average Bonchev–Trinajstić information content (AvgIpc) is 2.42. The van der Waals surface area contributed by atoms with Crippen LogP contribution in [-0.2, 0) is 0 Å². The quantitative estimate of drug-likeness (QED) is 0.867. The van der Waals surface area contributed by atoms with Gasteiger partial charge < -0.3 is 10.1 Å². The van der Waals surface area contributed by atoms with Gasteiger partial charge in [0.15, 0.2) is 0 Å². The fourth-order valence-electron chi connectivity index (χ4n) is 2.26. The first-order chi connectivity index (χ1) is 9.95. The number of rotatable bonds is 5. The predicted molar refractivity (Wildman–Crippen MR) is 88.0 cm³/mol. The Bertz CT molecular complexity index is 591. The Morgan fingerprint density at radius 2 is 1.62 bits per heavy atom. The molecule has 0 aliphatic rings. The molecule has 0 spiro atoms. The average molecular weight is 284 g/mol. The molecule has 1 aromatic heterocycles. The maximum absolute atomic E-state index is 5.67. The van der Waals surface area contributed by atoms with E-state index >= 15 is 0 Å². The zero-order valence-electron chi connectivity index (χ0n) is 13.5. The molecule has 1 aromatic carbocycles. The minimum atomic E-state index is 0.202. The highest BCUT2D eigenvalue weighted by Crippen LogP contribution is 2.23. The Balaban J connectivity index is 2.07. The van der Waals surface area contributed by atoms with E-state index in [0.29, 0.717) is 0 Å². The Morgan fingerprint density at radius 1 is 0.952 bits per heavy atom. The Kier molecular flexibility index (Phi) is 4.84. The van der Waals surface area contributed by atoms with Crippen LogP contribution in [0.2, 0.25) is 0 Å². The number of pyridine rings is 1. The van der Waals surface area contributed by atoms with Crippen LogP contribution < -0.4 is 10.1 Å². The largest absolute Gasteiger partial charge is 0.491 e. The zero-order chi connectivity index (χ0) is 15.4. The summed E-state index contributed by atoms with van der Waals surface area (Å²) in [7, 11) is 0. The molecule has 0 bridgehead atoms. The molecule has 0 saturated heterocycles. The van der Waals surface area contributed by atoms with Gasteiger partial charge in [-0.25, -0.2) is 0 Å². The van der Waals surface area contributed by atoms with Gasteiger partial charge in [0, 0.05) is 11.7 Å². The summed E-state index contributed by atoms with van der Waals surface area (Å²) < 4.78 is 5.67. The molecule has 0 amide bonds. The van der Waals surface area contributed by atoms with E-state index in [4.69, 9.17) is 4.74 Å². The number of ether oxygens (including phenoxy) is 1. The third-order valence-electron chi connectivity index (χ3n) is 3.35. The van der Waals surface area contributed by atoms with Crippen molar-refractivity contribution in [2.45, 2.75) is 46.8 Å². The Labute approximate surface area is 127 Å². The van der Waals surface area contributed by atoms with E-state index in [2.05, 4.69) is 35.4 Å². The summed E-state index contributed by atoms with van der Waals surface area (Å²) in [5.74, 6) is 0.911. The molecule has 3 nitrogen and oxygen atoms in total. The molecular weight excluding hydrogens is 260 g/mol. The van der Waals surface area contributed by atoms with Crippen LogP contribution >= 0.6 is 0 Å². The number of nitrogens with zero attached hydrogens (tertiary/aromatic N) is 1. The molecule has 0 aliphatic heterocycles. The number of hydrogen-bond acceptors (Lipinski definition) is 3. The fourth-order valence-corrected chi connectivity index (χ4v) is 2.26. The number of benzene rings is 1. The lowest BCUT2D eigenvalue weighted by atomic mass is 10.1. The van der Waals surface area contributed by atoms with Crippen molar-refractivity contribution in [3.63, 3.8) is 0 Å². The number of aryl methyl sites for hydroxylation is 2. The highest BCUT2D eigenvalue weighted by Gasteiger charge is 2.08. The summed E-state index contributed by atoms with van der Waals surface area (Å²) in [5.41, 5.74) is 4.38. The van der Waals surface area contributed by atoms with Crippen LogP contribution in [0.1, 0.15) is 43.8 Å². The highest BCUT2D eigenvalue weighted by molar-refractivity contribution is 5.49. The topological polar surface area (TPSA) is 34.1 Å². The van der Waals surface area contributed by atoms with Crippen molar-refractivity contribution < 1.29 is 4.74 Å². The number of nitrogens with one attached hydrogen (secondary N) is 1. The standard InChI is InChI=1S/C18H24N2O/c1-12(2)21-17-9-7-16(8-10-17)14(4)20-18-11-6-13(3)19-15(18)5/h6-12,14,20H,1-5H3. The van der Waals surface area contributed by atoms with E-state index in [1.54, 1.807) is 0 Å². The molecule has 0 saturated carbocycles. The maximum atomic E-state index is 5.67. The van der Waals surface area contributed by atoms with E-state index < -0.39 is 0 Å². The molecule has 1 unspecified atom stereocenters. The number of anilines is 1. The van der Waals surface area contributed by atoms with Gasteiger partial charge in [-0.2, -0.15) is 0 Å². The molecule has 112 valence electrons. The van der Waals surface area contributed by atoms with Crippen molar-refractivity contribution >= 4 is 5.69 Å². The van der Waals surface area contributed by atoms with Crippen LogP contribution in [0.3, 0.4) is 0 Å². The second-order valence-corrected chi connectivity index (χ2v) is 5.69. The molecular formula is C18H24N2O. The highest BCUT2D eigenvalue weighted by atomic mass is 16.5. The van der Waals surface area contributed by atoms with E-state index in [0.717, 1.165) is 22.8 Å². The van der Waals surface area contributed by atoms with Gasteiger partial charge in [-0.1, -0.05) is 12.1 Å². The van der Waals surface area contributed by atoms with Gasteiger partial charge in [0.05, 0.1) is 17.5 Å². The SMILES string of the molecule is Cc1ccc(NC(C)c2ccc(OC(C)C)cc2)c(C)n1. The predicted octanol–water partition coefficient (Wildman–Crippen LogP) is 4.66. The van der Waals surface area contributed by atoms with Gasteiger partial charge >= 0.3 is 0 Å². The fraction of sp³-hybridized carbons (Fsp3) is 0.389. The van der Waals surface area contributed by atoms with Gasteiger partial charge in [0.1, 0.15) is 5.75 Å². The van der Waals surface area contributed by atoms with Gasteiger partial charge in [-0.15, -0.1) is 0 Å². The summed E-state index contributed by atoms with van der Waals surface area (Å²) in [6.07, 6.45) is 0.202. The number of aromatic nitrogens is 1. The van der Waals surface area contributed by atoms with E-state index in [-0.39, 0.29) is 12.1 Å².